The molecule has 0 unspecified atom stereocenters. The van der Waals surface area contributed by atoms with Crippen LogP contribution in [-0.2, 0) is 10.0 Å². The minimum absolute atomic E-state index is 0.0494. The number of aryl methyl sites for hydroxylation is 1. The Bertz CT molecular complexity index is 959. The van der Waals surface area contributed by atoms with Crippen LogP contribution in [0.15, 0.2) is 53.4 Å². The fourth-order valence-electron chi connectivity index (χ4n) is 2.31. The molecule has 0 saturated carbocycles. The van der Waals surface area contributed by atoms with Gasteiger partial charge in [0.05, 0.1) is 9.82 Å². The molecule has 144 valence electrons. The Morgan fingerprint density at radius 1 is 1.04 bits per heavy atom. The van der Waals surface area contributed by atoms with E-state index in [-0.39, 0.29) is 16.1 Å². The van der Waals surface area contributed by atoms with E-state index in [2.05, 4.69) is 20.7 Å². The SMILES string of the molecule is Cc1ccc(S(=O)(=O)N[C@H](c2ccc([N+](=O)[O-])cc2)[C@@](C)(Br)[N+](=O)[O-])cc1. The average molecular weight is 458 g/mol. The molecule has 0 radical (unpaired) electrons. The molecule has 9 nitrogen and oxygen atoms in total. The second kappa shape index (κ2) is 7.71. The van der Waals surface area contributed by atoms with Gasteiger partial charge >= 0.3 is 0 Å². The van der Waals surface area contributed by atoms with Crippen LogP contribution in [0.2, 0.25) is 0 Å². The maximum atomic E-state index is 12.7. The normalized spacial score (nSPS) is 14.9. The predicted molar refractivity (Wildman–Crippen MR) is 102 cm³/mol. The molecule has 2 rings (SSSR count). The third-order valence-corrected chi connectivity index (χ3v) is 6.11. The number of sulfonamides is 1. The van der Waals surface area contributed by atoms with E-state index in [9.17, 15) is 28.6 Å². The van der Waals surface area contributed by atoms with Gasteiger partial charge in [-0.1, -0.05) is 29.8 Å². The number of nitro groups is 2. The van der Waals surface area contributed by atoms with Crippen molar-refractivity contribution in [3.63, 3.8) is 0 Å². The molecule has 0 fully saturated rings. The molecule has 0 saturated heterocycles. The first-order valence-electron chi connectivity index (χ1n) is 7.62. The van der Waals surface area contributed by atoms with Crippen LogP contribution in [0.1, 0.15) is 24.1 Å². The third kappa shape index (κ3) is 4.67. The molecule has 11 heteroatoms. The third-order valence-electron chi connectivity index (χ3n) is 3.93. The quantitative estimate of drug-likeness (QED) is 0.293. The monoisotopic (exact) mass is 457 g/mol. The Hall–Kier alpha value is -2.37. The van der Waals surface area contributed by atoms with Gasteiger partial charge in [-0.05, 0) is 24.6 Å². The molecule has 0 aliphatic rings. The molecule has 1 N–H and O–H groups in total. The van der Waals surface area contributed by atoms with Gasteiger partial charge in [0.2, 0.25) is 10.0 Å². The number of alkyl halides is 1. The maximum absolute atomic E-state index is 12.7. The van der Waals surface area contributed by atoms with Crippen LogP contribution in [0, 0.1) is 27.2 Å². The summed E-state index contributed by atoms with van der Waals surface area (Å²) in [5, 5.41) is 22.3. The minimum atomic E-state index is -4.09. The van der Waals surface area contributed by atoms with Gasteiger partial charge in [0, 0.05) is 39.9 Å². The zero-order chi connectivity index (χ0) is 20.4. The first-order chi connectivity index (χ1) is 12.4. The van der Waals surface area contributed by atoms with Crippen LogP contribution < -0.4 is 4.72 Å². The Morgan fingerprint density at radius 3 is 2.00 bits per heavy atom. The molecule has 0 amide bonds. The van der Waals surface area contributed by atoms with E-state index in [0.717, 1.165) is 17.7 Å². The zero-order valence-electron chi connectivity index (χ0n) is 14.3. The summed E-state index contributed by atoms with van der Waals surface area (Å²) in [4.78, 5) is 21.0. The van der Waals surface area contributed by atoms with Gasteiger partial charge in [0.25, 0.3) is 10.1 Å². The van der Waals surface area contributed by atoms with Gasteiger partial charge in [0.15, 0.2) is 0 Å². The first-order valence-corrected chi connectivity index (χ1v) is 9.89. The molecule has 0 aliphatic carbocycles. The molecular weight excluding hydrogens is 442 g/mol. The van der Waals surface area contributed by atoms with E-state index in [1.54, 1.807) is 19.1 Å². The van der Waals surface area contributed by atoms with Crippen molar-refractivity contribution < 1.29 is 18.3 Å². The maximum Gasteiger partial charge on any atom is 0.291 e. The Balaban J connectivity index is 2.48. The van der Waals surface area contributed by atoms with E-state index in [1.165, 1.54) is 31.2 Å². The molecule has 0 heterocycles. The summed E-state index contributed by atoms with van der Waals surface area (Å²) >= 11 is 2.97. The number of nitrogens with zero attached hydrogens (tertiary/aromatic N) is 2. The largest absolute Gasteiger partial charge is 0.291 e. The van der Waals surface area contributed by atoms with E-state index >= 15 is 0 Å². The standard InChI is InChI=1S/C16H16BrN3O6S/c1-11-3-9-14(10-4-11)27(25,26)18-15(16(2,17)20(23)24)12-5-7-13(8-6-12)19(21)22/h3-10,15,18H,1-2H3/t15-,16+/m1/s1. The van der Waals surface area contributed by atoms with Gasteiger partial charge in [-0.15, -0.1) is 0 Å². The summed E-state index contributed by atoms with van der Waals surface area (Å²) in [5.74, 6) is 0. The van der Waals surface area contributed by atoms with Crippen LogP contribution in [0.25, 0.3) is 0 Å². The average Bonchev–Trinajstić information content (AvgIpc) is 2.60. The molecule has 2 aromatic rings. The lowest BCUT2D eigenvalue weighted by molar-refractivity contribution is -0.536. The Labute approximate surface area is 163 Å². The Morgan fingerprint density at radius 2 is 1.56 bits per heavy atom. The smallest absolute Gasteiger partial charge is 0.263 e. The summed E-state index contributed by atoms with van der Waals surface area (Å²) in [7, 11) is -4.09. The lowest BCUT2D eigenvalue weighted by atomic mass is 10.0. The van der Waals surface area contributed by atoms with Crippen molar-refractivity contribution in [1.82, 2.24) is 4.72 Å². The number of hydrogen-bond acceptors (Lipinski definition) is 6. The molecule has 0 bridgehead atoms. The molecular formula is C16H16BrN3O6S. The van der Waals surface area contributed by atoms with Crippen LogP contribution in [0.4, 0.5) is 5.69 Å². The van der Waals surface area contributed by atoms with E-state index in [1.807, 2.05) is 0 Å². The molecule has 2 atom stereocenters. The molecule has 0 spiro atoms. The highest BCUT2D eigenvalue weighted by Gasteiger charge is 2.46. The number of halogens is 1. The summed E-state index contributed by atoms with van der Waals surface area (Å²) in [5.41, 5.74) is 0.847. The molecule has 2 aromatic carbocycles. The summed E-state index contributed by atoms with van der Waals surface area (Å²) in [6.07, 6.45) is 0. The summed E-state index contributed by atoms with van der Waals surface area (Å²) in [6, 6.07) is 9.56. The van der Waals surface area contributed by atoms with Gasteiger partial charge in [-0.25, -0.2) is 8.42 Å². The van der Waals surface area contributed by atoms with Crippen molar-refractivity contribution in [2.75, 3.05) is 0 Å². The number of rotatable bonds is 7. The molecule has 27 heavy (non-hydrogen) atoms. The highest BCUT2D eigenvalue weighted by Crippen LogP contribution is 2.36. The van der Waals surface area contributed by atoms with Crippen molar-refractivity contribution in [2.24, 2.45) is 0 Å². The van der Waals surface area contributed by atoms with Crippen LogP contribution >= 0.6 is 15.9 Å². The van der Waals surface area contributed by atoms with Gasteiger partial charge in [-0.3, -0.25) is 20.2 Å². The number of benzene rings is 2. The molecule has 0 aliphatic heterocycles. The minimum Gasteiger partial charge on any atom is -0.263 e. The predicted octanol–water partition coefficient (Wildman–Crippen LogP) is 3.31. The molecule has 0 aromatic heterocycles. The lowest BCUT2D eigenvalue weighted by Crippen LogP contribution is -2.45. The first kappa shape index (κ1) is 20.9. The number of hydrogen-bond donors (Lipinski definition) is 1. The van der Waals surface area contributed by atoms with Crippen molar-refractivity contribution in [3.8, 4) is 0 Å². The second-order valence-electron chi connectivity index (χ2n) is 6.00. The van der Waals surface area contributed by atoms with E-state index in [0.29, 0.717) is 0 Å². The van der Waals surface area contributed by atoms with Crippen LogP contribution in [0.3, 0.4) is 0 Å². The van der Waals surface area contributed by atoms with Gasteiger partial charge in [-0.2, -0.15) is 4.72 Å². The lowest BCUT2D eigenvalue weighted by Gasteiger charge is -2.26. The van der Waals surface area contributed by atoms with Crippen molar-refractivity contribution in [1.29, 1.82) is 0 Å². The van der Waals surface area contributed by atoms with Crippen molar-refractivity contribution in [3.05, 3.63) is 79.9 Å². The number of non-ortho nitro benzene ring substituents is 1. The highest BCUT2D eigenvalue weighted by molar-refractivity contribution is 9.10. The van der Waals surface area contributed by atoms with E-state index < -0.39 is 30.4 Å². The van der Waals surface area contributed by atoms with E-state index in [4.69, 9.17) is 0 Å². The fourth-order valence-corrected chi connectivity index (χ4v) is 4.15. The Kier molecular flexibility index (Phi) is 5.97. The van der Waals surface area contributed by atoms with Crippen LogP contribution in [0.5, 0.6) is 0 Å². The van der Waals surface area contributed by atoms with Crippen molar-refractivity contribution in [2.45, 2.75) is 29.2 Å². The highest BCUT2D eigenvalue weighted by atomic mass is 79.9. The van der Waals surface area contributed by atoms with Crippen LogP contribution in [-0.4, -0.2) is 22.7 Å². The number of nitro benzene ring substituents is 1. The topological polar surface area (TPSA) is 132 Å². The van der Waals surface area contributed by atoms with Crippen molar-refractivity contribution >= 4 is 31.6 Å². The zero-order valence-corrected chi connectivity index (χ0v) is 16.7. The summed E-state index contributed by atoms with van der Waals surface area (Å²) in [6.45, 7) is 3.00. The van der Waals surface area contributed by atoms with Gasteiger partial charge < -0.3 is 0 Å². The second-order valence-corrected chi connectivity index (χ2v) is 9.32. The van der Waals surface area contributed by atoms with Gasteiger partial charge in [0.1, 0.15) is 6.04 Å². The summed E-state index contributed by atoms with van der Waals surface area (Å²) < 4.78 is 25.9. The fraction of sp³-hybridized carbons (Fsp3) is 0.250. The number of nitrogens with one attached hydrogen (secondary N) is 1.